The third kappa shape index (κ3) is 2.51. The van der Waals surface area contributed by atoms with Crippen molar-refractivity contribution in [3.05, 3.63) is 28.6 Å². The Hall–Kier alpha value is -1.59. The summed E-state index contributed by atoms with van der Waals surface area (Å²) in [5, 5.41) is 2.99. The summed E-state index contributed by atoms with van der Waals surface area (Å²) in [7, 11) is 0. The van der Waals surface area contributed by atoms with Gasteiger partial charge in [0.25, 0.3) is 5.91 Å². The molecule has 0 aliphatic carbocycles. The number of nitrogens with zero attached hydrogens (tertiary/aromatic N) is 1. The third-order valence-corrected chi connectivity index (χ3v) is 4.89. The predicted octanol–water partition coefficient (Wildman–Crippen LogP) is 2.92. The van der Waals surface area contributed by atoms with E-state index in [2.05, 4.69) is 5.43 Å². The number of hydrazine groups is 1. The van der Waals surface area contributed by atoms with Gasteiger partial charge in [0.15, 0.2) is 0 Å². The first kappa shape index (κ1) is 13.4. The number of benzene rings is 1. The van der Waals surface area contributed by atoms with Crippen molar-refractivity contribution in [2.24, 2.45) is 0 Å². The number of piperidine rings is 1. The number of carbonyl (C=O) groups is 1. The molecule has 5 heteroatoms. The van der Waals surface area contributed by atoms with Gasteiger partial charge in [-0.05, 0) is 31.9 Å². The molecular weight excluding hydrogens is 270 g/mol. The number of anilines is 1. The fraction of sp³-hybridized carbons (Fsp3) is 0.400. The van der Waals surface area contributed by atoms with Crippen LogP contribution in [-0.4, -0.2) is 24.0 Å². The quantitative estimate of drug-likeness (QED) is 0.893. The second-order valence-electron chi connectivity index (χ2n) is 5.33. The number of hydrogen-bond donors (Lipinski definition) is 2. The number of hydrogen-bond acceptors (Lipinski definition) is 4. The molecule has 0 unspecified atom stereocenters. The highest BCUT2D eigenvalue weighted by Gasteiger charge is 2.19. The van der Waals surface area contributed by atoms with Gasteiger partial charge in [-0.15, -0.1) is 11.3 Å². The van der Waals surface area contributed by atoms with Crippen LogP contribution in [0.4, 0.5) is 5.69 Å². The zero-order chi connectivity index (χ0) is 14.1. The van der Waals surface area contributed by atoms with E-state index >= 15 is 0 Å². The maximum Gasteiger partial charge on any atom is 0.277 e. The number of rotatable bonds is 2. The molecule has 2 heterocycles. The zero-order valence-electron chi connectivity index (χ0n) is 11.6. The standard InChI is InChI=1S/C15H19N3OS/c1-10-5-6-12-11(9-10)13(16)14(20-12)15(19)17-18-7-3-2-4-8-18/h5-6,9H,2-4,7-8,16H2,1H3,(H,17,19). The van der Waals surface area contributed by atoms with Gasteiger partial charge in [0.2, 0.25) is 0 Å². The number of nitrogens with one attached hydrogen (secondary N) is 1. The van der Waals surface area contributed by atoms with Gasteiger partial charge in [-0.2, -0.15) is 0 Å². The summed E-state index contributed by atoms with van der Waals surface area (Å²) >= 11 is 1.47. The van der Waals surface area contributed by atoms with Gasteiger partial charge in [0.05, 0.1) is 5.69 Å². The third-order valence-electron chi connectivity index (χ3n) is 3.70. The minimum atomic E-state index is -0.0803. The van der Waals surface area contributed by atoms with E-state index in [0.29, 0.717) is 10.6 Å². The molecule has 106 valence electrons. The van der Waals surface area contributed by atoms with Gasteiger partial charge < -0.3 is 5.73 Å². The van der Waals surface area contributed by atoms with Crippen LogP contribution in [0.5, 0.6) is 0 Å². The van der Waals surface area contributed by atoms with E-state index in [-0.39, 0.29) is 5.91 Å². The Balaban J connectivity index is 1.85. The van der Waals surface area contributed by atoms with Crippen molar-refractivity contribution in [2.75, 3.05) is 18.8 Å². The van der Waals surface area contributed by atoms with Crippen LogP contribution in [0.3, 0.4) is 0 Å². The van der Waals surface area contributed by atoms with Crippen molar-refractivity contribution in [3.63, 3.8) is 0 Å². The Kier molecular flexibility index (Phi) is 3.63. The maximum atomic E-state index is 12.4. The highest BCUT2D eigenvalue weighted by Crippen LogP contribution is 2.34. The van der Waals surface area contributed by atoms with Gasteiger partial charge in [-0.1, -0.05) is 18.1 Å². The topological polar surface area (TPSA) is 58.4 Å². The predicted molar refractivity (Wildman–Crippen MR) is 83.9 cm³/mol. The lowest BCUT2D eigenvalue weighted by atomic mass is 10.1. The molecule has 1 amide bonds. The molecule has 0 atom stereocenters. The zero-order valence-corrected chi connectivity index (χ0v) is 12.4. The van der Waals surface area contributed by atoms with E-state index in [0.717, 1.165) is 41.6 Å². The summed E-state index contributed by atoms with van der Waals surface area (Å²) < 4.78 is 1.07. The van der Waals surface area contributed by atoms with E-state index in [9.17, 15) is 4.79 Å². The van der Waals surface area contributed by atoms with Crippen LogP contribution in [0.2, 0.25) is 0 Å². The molecular formula is C15H19N3OS. The molecule has 0 bridgehead atoms. The first-order valence-electron chi connectivity index (χ1n) is 7.00. The molecule has 2 aromatic rings. The van der Waals surface area contributed by atoms with E-state index in [1.54, 1.807) is 0 Å². The van der Waals surface area contributed by atoms with Crippen LogP contribution < -0.4 is 11.2 Å². The SMILES string of the molecule is Cc1ccc2sc(C(=O)NN3CCCCC3)c(N)c2c1. The summed E-state index contributed by atoms with van der Waals surface area (Å²) in [5.74, 6) is -0.0803. The molecule has 1 aromatic heterocycles. The molecule has 0 radical (unpaired) electrons. The highest BCUT2D eigenvalue weighted by molar-refractivity contribution is 7.21. The summed E-state index contributed by atoms with van der Waals surface area (Å²) in [6, 6.07) is 6.12. The number of fused-ring (bicyclic) bond motifs is 1. The lowest BCUT2D eigenvalue weighted by Gasteiger charge is -2.26. The Labute approximate surface area is 122 Å². The van der Waals surface area contributed by atoms with Crippen LogP contribution in [-0.2, 0) is 0 Å². The lowest BCUT2D eigenvalue weighted by molar-refractivity contribution is 0.0755. The van der Waals surface area contributed by atoms with Gasteiger partial charge in [0.1, 0.15) is 4.88 Å². The van der Waals surface area contributed by atoms with Crippen molar-refractivity contribution in [1.82, 2.24) is 10.4 Å². The minimum absolute atomic E-state index is 0.0803. The van der Waals surface area contributed by atoms with Crippen molar-refractivity contribution in [1.29, 1.82) is 0 Å². The summed E-state index contributed by atoms with van der Waals surface area (Å²) in [6.07, 6.45) is 3.53. The van der Waals surface area contributed by atoms with E-state index in [4.69, 9.17) is 5.73 Å². The second kappa shape index (κ2) is 5.42. The van der Waals surface area contributed by atoms with Crippen LogP contribution >= 0.6 is 11.3 Å². The van der Waals surface area contributed by atoms with Crippen LogP contribution in [0.25, 0.3) is 10.1 Å². The second-order valence-corrected chi connectivity index (χ2v) is 6.39. The van der Waals surface area contributed by atoms with E-state index in [1.807, 2.05) is 30.1 Å². The van der Waals surface area contributed by atoms with Crippen molar-refractivity contribution < 1.29 is 4.79 Å². The molecule has 1 aliphatic heterocycles. The summed E-state index contributed by atoms with van der Waals surface area (Å²) in [6.45, 7) is 3.88. The number of amides is 1. The normalized spacial score (nSPS) is 16.4. The Morgan fingerprint density at radius 2 is 2.05 bits per heavy atom. The first-order valence-corrected chi connectivity index (χ1v) is 7.81. The van der Waals surface area contributed by atoms with Crippen molar-refractivity contribution >= 4 is 33.0 Å². The summed E-state index contributed by atoms with van der Waals surface area (Å²) in [5.41, 5.74) is 10.9. The first-order chi connectivity index (χ1) is 9.65. The average molecular weight is 289 g/mol. The summed E-state index contributed by atoms with van der Waals surface area (Å²) in [4.78, 5) is 13.0. The molecule has 4 nitrogen and oxygen atoms in total. The van der Waals surface area contributed by atoms with Gasteiger partial charge >= 0.3 is 0 Å². The lowest BCUT2D eigenvalue weighted by Crippen LogP contribution is -2.44. The maximum absolute atomic E-state index is 12.4. The minimum Gasteiger partial charge on any atom is -0.397 e. The molecule has 20 heavy (non-hydrogen) atoms. The monoisotopic (exact) mass is 289 g/mol. The molecule has 1 aromatic carbocycles. The Morgan fingerprint density at radius 3 is 2.80 bits per heavy atom. The Morgan fingerprint density at radius 1 is 1.30 bits per heavy atom. The molecule has 0 saturated carbocycles. The van der Waals surface area contributed by atoms with Crippen molar-refractivity contribution in [2.45, 2.75) is 26.2 Å². The van der Waals surface area contributed by atoms with Crippen LogP contribution in [0.1, 0.15) is 34.5 Å². The van der Waals surface area contributed by atoms with E-state index < -0.39 is 0 Å². The number of nitrogens with two attached hydrogens (primary N) is 1. The molecule has 3 N–H and O–H groups in total. The molecule has 3 rings (SSSR count). The number of carbonyl (C=O) groups excluding carboxylic acids is 1. The fourth-order valence-corrected chi connectivity index (χ4v) is 3.59. The molecule has 1 saturated heterocycles. The van der Waals surface area contributed by atoms with Crippen molar-refractivity contribution in [3.8, 4) is 0 Å². The largest absolute Gasteiger partial charge is 0.397 e. The highest BCUT2D eigenvalue weighted by atomic mass is 32.1. The molecule has 0 spiro atoms. The Bertz CT molecular complexity index is 644. The van der Waals surface area contributed by atoms with Gasteiger partial charge in [-0.3, -0.25) is 10.2 Å². The smallest absolute Gasteiger partial charge is 0.277 e. The number of thiophene rings is 1. The molecule has 1 aliphatic rings. The fourth-order valence-electron chi connectivity index (χ4n) is 2.60. The van der Waals surface area contributed by atoms with E-state index in [1.165, 1.54) is 17.8 Å². The average Bonchev–Trinajstić information content (AvgIpc) is 2.77. The van der Waals surface area contributed by atoms with Crippen LogP contribution in [0.15, 0.2) is 18.2 Å². The van der Waals surface area contributed by atoms with Gasteiger partial charge in [0, 0.05) is 23.2 Å². The number of nitrogen functional groups attached to an aromatic ring is 1. The molecule has 1 fully saturated rings. The van der Waals surface area contributed by atoms with Crippen LogP contribution in [0, 0.1) is 6.92 Å². The van der Waals surface area contributed by atoms with Gasteiger partial charge in [-0.25, -0.2) is 5.01 Å². The number of aryl methyl sites for hydroxylation is 1.